The summed E-state index contributed by atoms with van der Waals surface area (Å²) in [7, 11) is 1.87. The quantitative estimate of drug-likeness (QED) is 0.932. The fraction of sp³-hybridized carbons (Fsp3) is 0.286. The number of ether oxygens (including phenoxy) is 1. The monoisotopic (exact) mass is 277 g/mol. The van der Waals surface area contributed by atoms with Gasteiger partial charge in [-0.25, -0.2) is 4.98 Å². The van der Waals surface area contributed by atoms with Crippen molar-refractivity contribution in [1.29, 1.82) is 0 Å². The Bertz CT molecular complexity index is 546. The Labute approximate surface area is 117 Å². The predicted octanol–water partition coefficient (Wildman–Crippen LogP) is 3.26. The van der Waals surface area contributed by atoms with Crippen LogP contribution in [0.3, 0.4) is 0 Å². The number of rotatable bonds is 4. The van der Waals surface area contributed by atoms with Gasteiger partial charge in [-0.2, -0.15) is 0 Å². The lowest BCUT2D eigenvalue weighted by Gasteiger charge is -2.11. The van der Waals surface area contributed by atoms with E-state index in [1.54, 1.807) is 12.4 Å². The van der Waals surface area contributed by atoms with Gasteiger partial charge in [0, 0.05) is 11.6 Å². The van der Waals surface area contributed by atoms with E-state index in [0.717, 1.165) is 22.6 Å². The molecule has 19 heavy (non-hydrogen) atoms. The normalized spacial score (nSPS) is 10.5. The number of hydrogen-bond acceptors (Lipinski definition) is 4. The highest BCUT2D eigenvalue weighted by Gasteiger charge is 2.08. The van der Waals surface area contributed by atoms with E-state index < -0.39 is 0 Å². The van der Waals surface area contributed by atoms with E-state index in [0.29, 0.717) is 17.4 Å². The van der Waals surface area contributed by atoms with Gasteiger partial charge in [-0.1, -0.05) is 11.6 Å². The Balaban J connectivity index is 2.21. The number of nitrogens with zero attached hydrogens (tertiary/aromatic N) is 2. The van der Waals surface area contributed by atoms with E-state index in [2.05, 4.69) is 15.3 Å². The molecule has 1 heterocycles. The fourth-order valence-electron chi connectivity index (χ4n) is 1.83. The van der Waals surface area contributed by atoms with Crippen molar-refractivity contribution in [2.75, 3.05) is 7.05 Å². The van der Waals surface area contributed by atoms with Crippen molar-refractivity contribution in [2.45, 2.75) is 20.4 Å². The molecule has 0 aliphatic rings. The minimum atomic E-state index is 0.480. The molecule has 2 aromatic rings. The van der Waals surface area contributed by atoms with Gasteiger partial charge in [0.05, 0.1) is 18.1 Å². The van der Waals surface area contributed by atoms with Crippen LogP contribution in [0.2, 0.25) is 5.02 Å². The molecule has 0 atom stereocenters. The van der Waals surface area contributed by atoms with E-state index in [1.807, 2.05) is 33.0 Å². The zero-order valence-corrected chi connectivity index (χ0v) is 12.0. The third kappa shape index (κ3) is 3.43. The lowest BCUT2D eigenvalue weighted by Crippen LogP contribution is -2.07. The molecule has 0 bridgehead atoms. The molecule has 5 heteroatoms. The number of nitrogens with one attached hydrogen (secondary N) is 1. The van der Waals surface area contributed by atoms with E-state index in [-0.39, 0.29) is 0 Å². The van der Waals surface area contributed by atoms with Crippen LogP contribution < -0.4 is 10.1 Å². The largest absolute Gasteiger partial charge is 0.437 e. The Hall–Kier alpha value is -1.65. The molecule has 0 fully saturated rings. The second-order valence-corrected chi connectivity index (χ2v) is 4.78. The lowest BCUT2D eigenvalue weighted by molar-refractivity contribution is 0.452. The molecule has 0 radical (unpaired) electrons. The molecule has 100 valence electrons. The van der Waals surface area contributed by atoms with Crippen molar-refractivity contribution in [3.05, 3.63) is 46.4 Å². The van der Waals surface area contributed by atoms with Crippen LogP contribution in [0.1, 0.15) is 16.8 Å². The van der Waals surface area contributed by atoms with Gasteiger partial charge in [0.15, 0.2) is 0 Å². The standard InChI is InChI=1S/C14H16ClN3O/c1-9-4-11(15)5-10(2)14(9)19-13-8-17-12(6-16-3)7-18-13/h4-5,7-8,16H,6H2,1-3H3. The van der Waals surface area contributed by atoms with Crippen LogP contribution in [-0.2, 0) is 6.54 Å². The fourth-order valence-corrected chi connectivity index (χ4v) is 2.16. The summed E-state index contributed by atoms with van der Waals surface area (Å²) in [4.78, 5) is 8.50. The van der Waals surface area contributed by atoms with Crippen molar-refractivity contribution in [3.63, 3.8) is 0 Å². The highest BCUT2D eigenvalue weighted by molar-refractivity contribution is 6.30. The van der Waals surface area contributed by atoms with Gasteiger partial charge in [-0.05, 0) is 44.2 Å². The first-order valence-corrected chi connectivity index (χ1v) is 6.38. The minimum Gasteiger partial charge on any atom is -0.437 e. The van der Waals surface area contributed by atoms with Crippen molar-refractivity contribution in [3.8, 4) is 11.6 Å². The van der Waals surface area contributed by atoms with Crippen molar-refractivity contribution < 1.29 is 4.74 Å². The zero-order chi connectivity index (χ0) is 13.8. The molecule has 1 aromatic carbocycles. The van der Waals surface area contributed by atoms with Crippen LogP contribution in [0.15, 0.2) is 24.5 Å². The average Bonchev–Trinajstić information content (AvgIpc) is 2.36. The molecular formula is C14H16ClN3O. The molecule has 4 nitrogen and oxygen atoms in total. The Morgan fingerprint density at radius 3 is 2.37 bits per heavy atom. The number of aryl methyl sites for hydroxylation is 2. The minimum absolute atomic E-state index is 0.480. The van der Waals surface area contributed by atoms with Gasteiger partial charge in [-0.15, -0.1) is 0 Å². The van der Waals surface area contributed by atoms with Crippen LogP contribution >= 0.6 is 11.6 Å². The van der Waals surface area contributed by atoms with E-state index in [9.17, 15) is 0 Å². The Morgan fingerprint density at radius 2 is 1.84 bits per heavy atom. The maximum absolute atomic E-state index is 5.99. The summed E-state index contributed by atoms with van der Waals surface area (Å²) in [6, 6.07) is 3.74. The van der Waals surface area contributed by atoms with E-state index in [1.165, 1.54) is 0 Å². The summed E-state index contributed by atoms with van der Waals surface area (Å²) in [6.07, 6.45) is 3.33. The first-order chi connectivity index (χ1) is 9.10. The molecular weight excluding hydrogens is 262 g/mol. The third-order valence-electron chi connectivity index (χ3n) is 2.67. The number of aromatic nitrogens is 2. The molecule has 2 rings (SSSR count). The Morgan fingerprint density at radius 1 is 1.16 bits per heavy atom. The summed E-state index contributed by atoms with van der Waals surface area (Å²) in [5.41, 5.74) is 2.83. The van der Waals surface area contributed by atoms with Crippen LogP contribution in [0.25, 0.3) is 0 Å². The number of halogens is 1. The van der Waals surface area contributed by atoms with Gasteiger partial charge in [-0.3, -0.25) is 4.98 Å². The number of benzene rings is 1. The van der Waals surface area contributed by atoms with Gasteiger partial charge in [0.2, 0.25) is 5.88 Å². The molecule has 0 aliphatic heterocycles. The van der Waals surface area contributed by atoms with Gasteiger partial charge in [0.25, 0.3) is 0 Å². The highest BCUT2D eigenvalue weighted by atomic mass is 35.5. The van der Waals surface area contributed by atoms with Gasteiger partial charge in [0.1, 0.15) is 5.75 Å². The van der Waals surface area contributed by atoms with Crippen LogP contribution in [-0.4, -0.2) is 17.0 Å². The van der Waals surface area contributed by atoms with Gasteiger partial charge < -0.3 is 10.1 Å². The summed E-state index contributed by atoms with van der Waals surface area (Å²) in [5, 5.41) is 3.73. The predicted molar refractivity (Wildman–Crippen MR) is 75.8 cm³/mol. The topological polar surface area (TPSA) is 47.0 Å². The maximum atomic E-state index is 5.99. The van der Waals surface area contributed by atoms with Crippen molar-refractivity contribution in [2.24, 2.45) is 0 Å². The number of hydrogen-bond donors (Lipinski definition) is 1. The zero-order valence-electron chi connectivity index (χ0n) is 11.2. The molecule has 0 amide bonds. The molecule has 0 spiro atoms. The Kier molecular flexibility index (Phi) is 4.35. The first-order valence-electron chi connectivity index (χ1n) is 6.00. The summed E-state index contributed by atoms with van der Waals surface area (Å²) in [5.74, 6) is 1.26. The first kappa shape index (κ1) is 13.8. The highest BCUT2D eigenvalue weighted by Crippen LogP contribution is 2.30. The second-order valence-electron chi connectivity index (χ2n) is 4.35. The van der Waals surface area contributed by atoms with Crippen LogP contribution in [0.5, 0.6) is 11.6 Å². The maximum Gasteiger partial charge on any atom is 0.237 e. The van der Waals surface area contributed by atoms with Crippen molar-refractivity contribution in [1.82, 2.24) is 15.3 Å². The molecule has 0 aliphatic carbocycles. The second kappa shape index (κ2) is 5.99. The van der Waals surface area contributed by atoms with Crippen LogP contribution in [0.4, 0.5) is 0 Å². The molecule has 0 unspecified atom stereocenters. The molecule has 0 saturated carbocycles. The third-order valence-corrected chi connectivity index (χ3v) is 2.89. The SMILES string of the molecule is CNCc1cnc(Oc2c(C)cc(Cl)cc2C)cn1. The summed E-state index contributed by atoms with van der Waals surface area (Å²) in [6.45, 7) is 4.60. The van der Waals surface area contributed by atoms with E-state index >= 15 is 0 Å². The summed E-state index contributed by atoms with van der Waals surface area (Å²) >= 11 is 5.99. The van der Waals surface area contributed by atoms with Gasteiger partial charge >= 0.3 is 0 Å². The molecule has 0 saturated heterocycles. The smallest absolute Gasteiger partial charge is 0.237 e. The lowest BCUT2D eigenvalue weighted by atomic mass is 10.1. The van der Waals surface area contributed by atoms with E-state index in [4.69, 9.17) is 16.3 Å². The van der Waals surface area contributed by atoms with Crippen molar-refractivity contribution >= 4 is 11.6 Å². The summed E-state index contributed by atoms with van der Waals surface area (Å²) < 4.78 is 5.78. The molecule has 1 aromatic heterocycles. The molecule has 1 N–H and O–H groups in total. The van der Waals surface area contributed by atoms with Crippen LogP contribution in [0, 0.1) is 13.8 Å². The average molecular weight is 278 g/mol.